The van der Waals surface area contributed by atoms with E-state index >= 15 is 0 Å². The van der Waals surface area contributed by atoms with Crippen LogP contribution in [0, 0.1) is 5.92 Å². The first-order valence-electron chi connectivity index (χ1n) is 8.79. The topological polar surface area (TPSA) is 84.9 Å². The van der Waals surface area contributed by atoms with Crippen molar-refractivity contribution in [2.24, 2.45) is 5.92 Å². The Balaban J connectivity index is 1.90. The Morgan fingerprint density at radius 1 is 1.19 bits per heavy atom. The SMILES string of the molecule is COc1ccc(CCN(CCNC(=O)C2CCC2)S(C)(=O)=O)cc1OC. The van der Waals surface area contributed by atoms with Crippen molar-refractivity contribution in [2.75, 3.05) is 40.1 Å². The van der Waals surface area contributed by atoms with Crippen molar-refractivity contribution in [2.45, 2.75) is 25.7 Å². The predicted molar refractivity (Wildman–Crippen MR) is 100 cm³/mol. The van der Waals surface area contributed by atoms with E-state index in [1.165, 1.54) is 10.6 Å². The maximum absolute atomic E-state index is 12.0. The Hall–Kier alpha value is -1.80. The molecule has 0 aromatic heterocycles. The summed E-state index contributed by atoms with van der Waals surface area (Å²) < 4.78 is 35.9. The predicted octanol–water partition coefficient (Wildman–Crippen LogP) is 1.42. The minimum Gasteiger partial charge on any atom is -0.493 e. The molecule has 1 aromatic carbocycles. The third kappa shape index (κ3) is 5.60. The van der Waals surface area contributed by atoms with Crippen molar-refractivity contribution in [3.63, 3.8) is 0 Å². The zero-order chi connectivity index (χ0) is 19.2. The molecular weight excluding hydrogens is 356 g/mol. The Labute approximate surface area is 155 Å². The summed E-state index contributed by atoms with van der Waals surface area (Å²) in [6, 6.07) is 5.54. The lowest BCUT2D eigenvalue weighted by Gasteiger charge is -2.25. The van der Waals surface area contributed by atoms with Gasteiger partial charge in [-0.05, 0) is 37.0 Å². The van der Waals surface area contributed by atoms with Crippen LogP contribution >= 0.6 is 0 Å². The van der Waals surface area contributed by atoms with Gasteiger partial charge in [0.25, 0.3) is 0 Å². The van der Waals surface area contributed by atoms with Gasteiger partial charge in [0.1, 0.15) is 0 Å². The van der Waals surface area contributed by atoms with Gasteiger partial charge in [0.2, 0.25) is 15.9 Å². The highest BCUT2D eigenvalue weighted by molar-refractivity contribution is 7.88. The highest BCUT2D eigenvalue weighted by Gasteiger charge is 2.25. The number of rotatable bonds is 10. The molecule has 146 valence electrons. The summed E-state index contributed by atoms with van der Waals surface area (Å²) >= 11 is 0. The number of nitrogens with zero attached hydrogens (tertiary/aromatic N) is 1. The van der Waals surface area contributed by atoms with Gasteiger partial charge in [-0.1, -0.05) is 12.5 Å². The largest absolute Gasteiger partial charge is 0.493 e. The van der Waals surface area contributed by atoms with E-state index < -0.39 is 10.0 Å². The highest BCUT2D eigenvalue weighted by Crippen LogP contribution is 2.28. The summed E-state index contributed by atoms with van der Waals surface area (Å²) in [4.78, 5) is 11.9. The van der Waals surface area contributed by atoms with E-state index in [4.69, 9.17) is 9.47 Å². The van der Waals surface area contributed by atoms with E-state index in [-0.39, 0.29) is 18.4 Å². The number of ether oxygens (including phenoxy) is 2. The number of nitrogens with one attached hydrogen (secondary N) is 1. The van der Waals surface area contributed by atoms with E-state index in [1.807, 2.05) is 12.1 Å². The van der Waals surface area contributed by atoms with Crippen LogP contribution in [-0.4, -0.2) is 58.7 Å². The van der Waals surface area contributed by atoms with Gasteiger partial charge in [-0.15, -0.1) is 0 Å². The fourth-order valence-corrected chi connectivity index (χ4v) is 3.70. The first-order valence-corrected chi connectivity index (χ1v) is 10.6. The Bertz CT molecular complexity index is 716. The first-order chi connectivity index (χ1) is 12.3. The van der Waals surface area contributed by atoms with E-state index in [1.54, 1.807) is 20.3 Å². The Morgan fingerprint density at radius 3 is 2.42 bits per heavy atom. The lowest BCUT2D eigenvalue weighted by Crippen LogP contribution is -2.41. The molecule has 1 N–H and O–H groups in total. The summed E-state index contributed by atoms with van der Waals surface area (Å²) in [7, 11) is -0.212. The molecule has 1 aliphatic carbocycles. The lowest BCUT2D eigenvalue weighted by molar-refractivity contribution is -0.127. The fourth-order valence-electron chi connectivity index (χ4n) is 2.85. The third-order valence-electron chi connectivity index (χ3n) is 4.70. The molecule has 0 spiro atoms. The zero-order valence-corrected chi connectivity index (χ0v) is 16.5. The number of methoxy groups -OCH3 is 2. The molecule has 0 atom stereocenters. The monoisotopic (exact) mass is 384 g/mol. The van der Waals surface area contributed by atoms with Gasteiger partial charge >= 0.3 is 0 Å². The minimum absolute atomic E-state index is 0.0320. The molecule has 1 aliphatic rings. The minimum atomic E-state index is -3.35. The van der Waals surface area contributed by atoms with Crippen LogP contribution in [0.15, 0.2) is 18.2 Å². The van der Waals surface area contributed by atoms with Crippen LogP contribution in [0.4, 0.5) is 0 Å². The summed E-state index contributed by atoms with van der Waals surface area (Å²) in [5.74, 6) is 1.39. The van der Waals surface area contributed by atoms with Gasteiger partial charge in [0.05, 0.1) is 20.5 Å². The molecule has 0 bridgehead atoms. The number of hydrogen-bond acceptors (Lipinski definition) is 5. The van der Waals surface area contributed by atoms with Crippen molar-refractivity contribution in [1.29, 1.82) is 0 Å². The average Bonchev–Trinajstić information content (AvgIpc) is 2.54. The molecule has 8 heteroatoms. The van der Waals surface area contributed by atoms with Crippen LogP contribution < -0.4 is 14.8 Å². The number of amides is 1. The first kappa shape index (κ1) is 20.5. The lowest BCUT2D eigenvalue weighted by atomic mass is 9.85. The maximum Gasteiger partial charge on any atom is 0.223 e. The maximum atomic E-state index is 12.0. The molecule has 0 aliphatic heterocycles. The summed E-state index contributed by atoms with van der Waals surface area (Å²) in [6.07, 6.45) is 4.69. The Morgan fingerprint density at radius 2 is 1.88 bits per heavy atom. The fraction of sp³-hybridized carbons (Fsp3) is 0.611. The van der Waals surface area contributed by atoms with Crippen molar-refractivity contribution in [1.82, 2.24) is 9.62 Å². The molecule has 1 saturated carbocycles. The van der Waals surface area contributed by atoms with E-state index in [9.17, 15) is 13.2 Å². The van der Waals surface area contributed by atoms with Crippen LogP contribution in [0.2, 0.25) is 0 Å². The van der Waals surface area contributed by atoms with E-state index in [2.05, 4.69) is 5.32 Å². The number of carbonyl (C=O) groups excluding carboxylic acids is 1. The smallest absolute Gasteiger partial charge is 0.223 e. The highest BCUT2D eigenvalue weighted by atomic mass is 32.2. The molecule has 0 heterocycles. The quantitative estimate of drug-likeness (QED) is 0.660. The number of sulfonamides is 1. The van der Waals surface area contributed by atoms with Crippen molar-refractivity contribution in [3.05, 3.63) is 23.8 Å². The summed E-state index contributed by atoms with van der Waals surface area (Å²) in [5.41, 5.74) is 0.954. The molecule has 0 saturated heterocycles. The van der Waals surface area contributed by atoms with Crippen LogP contribution in [0.5, 0.6) is 11.5 Å². The number of hydrogen-bond donors (Lipinski definition) is 1. The molecule has 26 heavy (non-hydrogen) atoms. The molecule has 1 amide bonds. The van der Waals surface area contributed by atoms with E-state index in [0.29, 0.717) is 31.0 Å². The number of benzene rings is 1. The molecule has 1 aromatic rings. The molecule has 1 fully saturated rings. The third-order valence-corrected chi connectivity index (χ3v) is 6.01. The van der Waals surface area contributed by atoms with Gasteiger partial charge in [-0.25, -0.2) is 12.7 Å². The molecule has 0 radical (unpaired) electrons. The second-order valence-electron chi connectivity index (χ2n) is 6.52. The van der Waals surface area contributed by atoms with Gasteiger partial charge < -0.3 is 14.8 Å². The normalized spacial score (nSPS) is 14.8. The standard InChI is InChI=1S/C18H28N2O5S/c1-24-16-8-7-14(13-17(16)25-2)9-11-20(26(3,22)23)12-10-19-18(21)15-5-4-6-15/h7-8,13,15H,4-6,9-12H2,1-3H3,(H,19,21). The van der Waals surface area contributed by atoms with Gasteiger partial charge in [0.15, 0.2) is 11.5 Å². The Kier molecular flexibility index (Phi) is 7.28. The zero-order valence-electron chi connectivity index (χ0n) is 15.7. The van der Waals surface area contributed by atoms with Gasteiger partial charge in [-0.3, -0.25) is 4.79 Å². The molecule has 0 unspecified atom stereocenters. The van der Waals surface area contributed by atoms with E-state index in [0.717, 1.165) is 24.8 Å². The van der Waals surface area contributed by atoms with Gasteiger partial charge in [-0.2, -0.15) is 0 Å². The van der Waals surface area contributed by atoms with Crippen LogP contribution in [0.25, 0.3) is 0 Å². The second kappa shape index (κ2) is 9.23. The molecular formula is C18H28N2O5S. The molecule has 2 rings (SSSR count). The summed E-state index contributed by atoms with van der Waals surface area (Å²) in [5, 5.41) is 2.84. The average molecular weight is 384 g/mol. The second-order valence-corrected chi connectivity index (χ2v) is 8.50. The van der Waals surface area contributed by atoms with Crippen molar-refractivity contribution < 1.29 is 22.7 Å². The van der Waals surface area contributed by atoms with Gasteiger partial charge in [0, 0.05) is 25.6 Å². The summed E-state index contributed by atoms with van der Waals surface area (Å²) in [6.45, 7) is 0.937. The van der Waals surface area contributed by atoms with Crippen LogP contribution in [0.3, 0.4) is 0 Å². The number of carbonyl (C=O) groups is 1. The van der Waals surface area contributed by atoms with Crippen molar-refractivity contribution in [3.8, 4) is 11.5 Å². The van der Waals surface area contributed by atoms with Crippen molar-refractivity contribution >= 4 is 15.9 Å². The molecule has 7 nitrogen and oxygen atoms in total. The van der Waals surface area contributed by atoms with Crippen LogP contribution in [0.1, 0.15) is 24.8 Å². The van der Waals surface area contributed by atoms with Crippen LogP contribution in [-0.2, 0) is 21.2 Å².